The van der Waals surface area contributed by atoms with Crippen molar-refractivity contribution in [3.63, 3.8) is 0 Å². The fourth-order valence-corrected chi connectivity index (χ4v) is 1.37. The fraction of sp³-hybridized carbons (Fsp3) is 0.167. The zero-order valence-electron chi connectivity index (χ0n) is 5.60. The van der Waals surface area contributed by atoms with Crippen LogP contribution in [-0.2, 0) is 0 Å². The van der Waals surface area contributed by atoms with Gasteiger partial charge < -0.3 is 5.32 Å². The average molecular weight is 156 g/mol. The molecule has 0 bridgehead atoms. The third-order valence-corrected chi connectivity index (χ3v) is 2.08. The van der Waals surface area contributed by atoms with E-state index < -0.39 is 0 Å². The van der Waals surface area contributed by atoms with Crippen LogP contribution in [0.2, 0.25) is 0 Å². The summed E-state index contributed by atoms with van der Waals surface area (Å²) >= 11 is 1.28. The van der Waals surface area contributed by atoms with Gasteiger partial charge in [0.2, 0.25) is 0 Å². The Morgan fingerprint density at radius 3 is 2.90 bits per heavy atom. The molecule has 0 saturated carbocycles. The van der Waals surface area contributed by atoms with Crippen LogP contribution in [0.1, 0.15) is 5.56 Å². The first kappa shape index (κ1) is 7.08. The van der Waals surface area contributed by atoms with Crippen LogP contribution in [-0.4, -0.2) is 11.4 Å². The minimum absolute atomic E-state index is 0.0793. The van der Waals surface area contributed by atoms with E-state index >= 15 is 0 Å². The molecule has 0 amide bonds. The van der Waals surface area contributed by atoms with Crippen molar-refractivity contribution >= 4 is 22.6 Å². The zero-order chi connectivity index (χ0) is 7.56. The molecule has 2 N–H and O–H groups in total. The standard InChI is InChI=1S/C6H8N2OS/c1-3-4-5(9)8-10-6(4)7-2/h3,7H,1H2,2H3,(H,8,9). The predicted molar refractivity (Wildman–Crippen MR) is 44.6 cm³/mol. The summed E-state index contributed by atoms with van der Waals surface area (Å²) in [5.74, 6) is 0. The van der Waals surface area contributed by atoms with Gasteiger partial charge >= 0.3 is 0 Å². The van der Waals surface area contributed by atoms with Crippen LogP contribution in [0, 0.1) is 0 Å². The third kappa shape index (κ3) is 0.974. The van der Waals surface area contributed by atoms with Crippen molar-refractivity contribution in [2.75, 3.05) is 12.4 Å². The highest BCUT2D eigenvalue weighted by Crippen LogP contribution is 2.15. The van der Waals surface area contributed by atoms with Gasteiger partial charge in [-0.25, -0.2) is 0 Å². The third-order valence-electron chi connectivity index (χ3n) is 1.17. The van der Waals surface area contributed by atoms with E-state index in [1.807, 2.05) is 0 Å². The molecule has 1 aromatic rings. The molecule has 0 spiro atoms. The van der Waals surface area contributed by atoms with Gasteiger partial charge in [0, 0.05) is 7.05 Å². The largest absolute Gasteiger partial charge is 0.378 e. The summed E-state index contributed by atoms with van der Waals surface area (Å²) in [5, 5.41) is 3.72. The van der Waals surface area contributed by atoms with Crippen molar-refractivity contribution in [1.82, 2.24) is 4.37 Å². The van der Waals surface area contributed by atoms with E-state index in [4.69, 9.17) is 0 Å². The van der Waals surface area contributed by atoms with Crippen LogP contribution in [0.4, 0.5) is 5.00 Å². The highest BCUT2D eigenvalue weighted by molar-refractivity contribution is 7.10. The molecule has 0 aromatic carbocycles. The second kappa shape index (κ2) is 2.70. The molecule has 1 rings (SSSR count). The zero-order valence-corrected chi connectivity index (χ0v) is 6.42. The van der Waals surface area contributed by atoms with E-state index in [-0.39, 0.29) is 5.56 Å². The first-order valence-corrected chi connectivity index (χ1v) is 3.63. The molecule has 0 unspecified atom stereocenters. The second-order valence-electron chi connectivity index (χ2n) is 1.73. The van der Waals surface area contributed by atoms with Gasteiger partial charge in [0.05, 0.1) is 5.56 Å². The molecular weight excluding hydrogens is 148 g/mol. The van der Waals surface area contributed by atoms with Crippen LogP contribution < -0.4 is 10.9 Å². The van der Waals surface area contributed by atoms with Crippen LogP contribution in [0.15, 0.2) is 11.4 Å². The minimum Gasteiger partial charge on any atom is -0.378 e. The average Bonchev–Trinajstić information content (AvgIpc) is 2.30. The van der Waals surface area contributed by atoms with Gasteiger partial charge in [-0.1, -0.05) is 12.7 Å². The highest BCUT2D eigenvalue weighted by atomic mass is 32.1. The van der Waals surface area contributed by atoms with Crippen molar-refractivity contribution < 1.29 is 0 Å². The number of aromatic nitrogens is 1. The molecule has 1 aromatic heterocycles. The van der Waals surface area contributed by atoms with Gasteiger partial charge in [0.25, 0.3) is 5.56 Å². The molecule has 0 saturated heterocycles. The molecule has 0 aliphatic heterocycles. The maximum absolute atomic E-state index is 10.9. The number of aromatic amines is 1. The number of nitrogens with one attached hydrogen (secondary N) is 2. The summed E-state index contributed by atoms with van der Waals surface area (Å²) in [7, 11) is 1.77. The molecule has 54 valence electrons. The van der Waals surface area contributed by atoms with Crippen molar-refractivity contribution in [2.45, 2.75) is 0 Å². The van der Waals surface area contributed by atoms with Crippen LogP contribution in [0.25, 0.3) is 6.08 Å². The van der Waals surface area contributed by atoms with Crippen molar-refractivity contribution in [3.8, 4) is 0 Å². The Bertz CT molecular complexity index is 286. The summed E-state index contributed by atoms with van der Waals surface area (Å²) in [6.07, 6.45) is 1.54. The lowest BCUT2D eigenvalue weighted by atomic mass is 10.3. The predicted octanol–water partition coefficient (Wildman–Crippen LogP) is 1.12. The maximum atomic E-state index is 10.9. The summed E-state index contributed by atoms with van der Waals surface area (Å²) in [6.45, 7) is 3.52. The molecule has 4 heteroatoms. The van der Waals surface area contributed by atoms with E-state index in [2.05, 4.69) is 16.3 Å². The Kier molecular flexibility index (Phi) is 1.91. The van der Waals surface area contributed by atoms with Gasteiger partial charge in [0.15, 0.2) is 0 Å². The molecule has 0 fully saturated rings. The molecule has 0 atom stereocenters. The van der Waals surface area contributed by atoms with E-state index in [1.54, 1.807) is 13.1 Å². The number of hydrogen-bond donors (Lipinski definition) is 2. The first-order chi connectivity index (χ1) is 4.79. The van der Waals surface area contributed by atoms with E-state index in [1.165, 1.54) is 11.5 Å². The number of hydrogen-bond acceptors (Lipinski definition) is 3. The molecule has 3 nitrogen and oxygen atoms in total. The molecule has 0 aliphatic rings. The van der Waals surface area contributed by atoms with Gasteiger partial charge in [0.1, 0.15) is 5.00 Å². The summed E-state index contributed by atoms with van der Waals surface area (Å²) in [6, 6.07) is 0. The Morgan fingerprint density at radius 1 is 1.80 bits per heavy atom. The van der Waals surface area contributed by atoms with E-state index in [0.717, 1.165) is 5.00 Å². The Hall–Kier alpha value is -1.03. The molecule has 0 radical (unpaired) electrons. The van der Waals surface area contributed by atoms with Crippen LogP contribution >= 0.6 is 11.5 Å². The number of H-pyrrole nitrogens is 1. The summed E-state index contributed by atoms with van der Waals surface area (Å²) < 4.78 is 2.59. The van der Waals surface area contributed by atoms with E-state index in [0.29, 0.717) is 5.56 Å². The van der Waals surface area contributed by atoms with Crippen molar-refractivity contribution in [1.29, 1.82) is 0 Å². The quantitative estimate of drug-likeness (QED) is 0.674. The minimum atomic E-state index is -0.0793. The monoisotopic (exact) mass is 156 g/mol. The normalized spacial score (nSPS) is 9.30. The number of rotatable bonds is 2. The Balaban J connectivity index is 3.26. The van der Waals surface area contributed by atoms with Gasteiger partial charge in [-0.15, -0.1) is 0 Å². The van der Waals surface area contributed by atoms with Gasteiger partial charge in [-0.2, -0.15) is 0 Å². The summed E-state index contributed by atoms with van der Waals surface area (Å²) in [4.78, 5) is 10.9. The molecule has 1 heterocycles. The lowest BCUT2D eigenvalue weighted by molar-refractivity contribution is 1.41. The molecule has 10 heavy (non-hydrogen) atoms. The molecular formula is C6H8N2OS. The first-order valence-electron chi connectivity index (χ1n) is 2.81. The SMILES string of the molecule is C=Cc1c(NC)s[nH]c1=O. The number of anilines is 1. The Morgan fingerprint density at radius 2 is 2.50 bits per heavy atom. The van der Waals surface area contributed by atoms with Crippen molar-refractivity contribution in [2.24, 2.45) is 0 Å². The summed E-state index contributed by atoms with van der Waals surface area (Å²) in [5.41, 5.74) is 0.539. The maximum Gasteiger partial charge on any atom is 0.267 e. The van der Waals surface area contributed by atoms with Gasteiger partial charge in [-0.3, -0.25) is 9.17 Å². The van der Waals surface area contributed by atoms with Crippen LogP contribution in [0.5, 0.6) is 0 Å². The lowest BCUT2D eigenvalue weighted by Crippen LogP contribution is -2.01. The van der Waals surface area contributed by atoms with Crippen molar-refractivity contribution in [3.05, 3.63) is 22.5 Å². The highest BCUT2D eigenvalue weighted by Gasteiger charge is 2.02. The second-order valence-corrected chi connectivity index (χ2v) is 2.55. The van der Waals surface area contributed by atoms with E-state index in [9.17, 15) is 4.79 Å². The lowest BCUT2D eigenvalue weighted by Gasteiger charge is -1.91. The molecule has 0 aliphatic carbocycles. The fourth-order valence-electron chi connectivity index (χ4n) is 0.682. The smallest absolute Gasteiger partial charge is 0.267 e. The van der Waals surface area contributed by atoms with Gasteiger partial charge in [-0.05, 0) is 11.5 Å². The van der Waals surface area contributed by atoms with Crippen LogP contribution in [0.3, 0.4) is 0 Å². The topological polar surface area (TPSA) is 44.9 Å². The Labute approximate surface area is 62.5 Å².